The topological polar surface area (TPSA) is 66.5 Å². The number of amides is 1. The molecule has 0 aromatic heterocycles. The van der Waals surface area contributed by atoms with Gasteiger partial charge in [-0.1, -0.05) is 54.3 Å². The number of carbonyl (C=O) groups is 1. The lowest BCUT2D eigenvalue weighted by molar-refractivity contribution is -0.122. The molecule has 0 radical (unpaired) electrons. The molecule has 0 aliphatic heterocycles. The molecule has 7 heteroatoms. The molecular formula is C21H25ClN2O3S. The van der Waals surface area contributed by atoms with Gasteiger partial charge >= 0.3 is 0 Å². The maximum atomic E-state index is 13.2. The Morgan fingerprint density at radius 1 is 1.14 bits per heavy atom. The number of nitrogens with zero attached hydrogens (tertiary/aromatic N) is 1. The Morgan fingerprint density at radius 2 is 1.82 bits per heavy atom. The van der Waals surface area contributed by atoms with Crippen LogP contribution < -0.4 is 5.32 Å². The summed E-state index contributed by atoms with van der Waals surface area (Å²) >= 11 is 6.05. The molecule has 0 saturated heterocycles. The zero-order valence-corrected chi connectivity index (χ0v) is 17.5. The maximum absolute atomic E-state index is 13.2. The quantitative estimate of drug-likeness (QED) is 0.738. The summed E-state index contributed by atoms with van der Waals surface area (Å²) in [4.78, 5) is 12.7. The van der Waals surface area contributed by atoms with Gasteiger partial charge in [0.1, 0.15) is 0 Å². The van der Waals surface area contributed by atoms with Crippen LogP contribution in [0.4, 0.5) is 0 Å². The Labute approximate surface area is 171 Å². The molecule has 150 valence electrons. The fourth-order valence-corrected chi connectivity index (χ4v) is 5.03. The molecule has 0 bridgehead atoms. The molecule has 0 unspecified atom stereocenters. The zero-order valence-electron chi connectivity index (χ0n) is 15.9. The lowest BCUT2D eigenvalue weighted by atomic mass is 10.2. The van der Waals surface area contributed by atoms with E-state index in [0.29, 0.717) is 5.02 Å². The highest BCUT2D eigenvalue weighted by molar-refractivity contribution is 7.89. The van der Waals surface area contributed by atoms with Gasteiger partial charge in [0.25, 0.3) is 0 Å². The highest BCUT2D eigenvalue weighted by Gasteiger charge is 2.28. The van der Waals surface area contributed by atoms with Crippen molar-refractivity contribution in [3.63, 3.8) is 0 Å². The van der Waals surface area contributed by atoms with E-state index in [4.69, 9.17) is 11.6 Å². The normalized spacial score (nSPS) is 15.1. The predicted octanol–water partition coefficient (Wildman–Crippen LogP) is 3.90. The van der Waals surface area contributed by atoms with Gasteiger partial charge in [0.2, 0.25) is 15.9 Å². The van der Waals surface area contributed by atoms with Crippen molar-refractivity contribution >= 4 is 27.5 Å². The van der Waals surface area contributed by atoms with Gasteiger partial charge in [-0.2, -0.15) is 4.31 Å². The second-order valence-corrected chi connectivity index (χ2v) is 9.64. The molecule has 1 aliphatic carbocycles. The van der Waals surface area contributed by atoms with Gasteiger partial charge in [0, 0.05) is 17.6 Å². The Kier molecular flexibility index (Phi) is 6.75. The van der Waals surface area contributed by atoms with Crippen molar-refractivity contribution in [1.82, 2.24) is 9.62 Å². The monoisotopic (exact) mass is 420 g/mol. The van der Waals surface area contributed by atoms with Gasteiger partial charge in [-0.05, 0) is 49.6 Å². The SMILES string of the molecule is Cc1ccc(S(=O)(=O)N(CC(=O)NC2CCCC2)Cc2cccc(Cl)c2)cc1. The summed E-state index contributed by atoms with van der Waals surface area (Å²) in [7, 11) is -3.83. The molecule has 1 amide bonds. The van der Waals surface area contributed by atoms with Crippen LogP contribution in [0.2, 0.25) is 5.02 Å². The number of aryl methyl sites for hydroxylation is 1. The summed E-state index contributed by atoms with van der Waals surface area (Å²) in [6, 6.07) is 13.8. The number of benzene rings is 2. The van der Waals surface area contributed by atoms with E-state index < -0.39 is 10.0 Å². The number of hydrogen-bond donors (Lipinski definition) is 1. The third-order valence-electron chi connectivity index (χ3n) is 4.95. The van der Waals surface area contributed by atoms with E-state index in [1.807, 2.05) is 6.92 Å². The summed E-state index contributed by atoms with van der Waals surface area (Å²) in [6.07, 6.45) is 4.09. The molecule has 1 fully saturated rings. The number of nitrogens with one attached hydrogen (secondary N) is 1. The Morgan fingerprint density at radius 3 is 2.46 bits per heavy atom. The third kappa shape index (κ3) is 5.34. The molecule has 28 heavy (non-hydrogen) atoms. The molecule has 5 nitrogen and oxygen atoms in total. The first kappa shape index (κ1) is 20.8. The Bertz CT molecular complexity index is 923. The second kappa shape index (κ2) is 9.07. The molecule has 2 aromatic carbocycles. The maximum Gasteiger partial charge on any atom is 0.243 e. The van der Waals surface area contributed by atoms with Crippen LogP contribution in [0.5, 0.6) is 0 Å². The van der Waals surface area contributed by atoms with Crippen molar-refractivity contribution in [1.29, 1.82) is 0 Å². The van der Waals surface area contributed by atoms with Crippen molar-refractivity contribution in [3.05, 3.63) is 64.7 Å². The van der Waals surface area contributed by atoms with Gasteiger partial charge in [0.05, 0.1) is 11.4 Å². The summed E-state index contributed by atoms with van der Waals surface area (Å²) < 4.78 is 27.7. The van der Waals surface area contributed by atoms with Crippen LogP contribution in [0.1, 0.15) is 36.8 Å². The van der Waals surface area contributed by atoms with E-state index in [1.54, 1.807) is 48.5 Å². The van der Waals surface area contributed by atoms with Crippen LogP contribution >= 0.6 is 11.6 Å². The van der Waals surface area contributed by atoms with Crippen LogP contribution in [-0.4, -0.2) is 31.2 Å². The lowest BCUT2D eigenvalue weighted by Crippen LogP contribution is -2.43. The average Bonchev–Trinajstić information content (AvgIpc) is 3.14. The standard InChI is InChI=1S/C21H25ClN2O3S/c1-16-9-11-20(12-10-16)28(26,27)24(14-17-5-4-6-18(22)13-17)15-21(25)23-19-7-2-3-8-19/h4-6,9-13,19H,2-3,7-8,14-15H2,1H3,(H,23,25). The highest BCUT2D eigenvalue weighted by atomic mass is 35.5. The number of carbonyl (C=O) groups excluding carboxylic acids is 1. The van der Waals surface area contributed by atoms with Crippen molar-refractivity contribution < 1.29 is 13.2 Å². The Balaban J connectivity index is 1.84. The minimum atomic E-state index is -3.83. The van der Waals surface area contributed by atoms with Crippen LogP contribution in [0.3, 0.4) is 0 Å². The summed E-state index contributed by atoms with van der Waals surface area (Å²) in [5, 5.41) is 3.50. The number of halogens is 1. The summed E-state index contributed by atoms with van der Waals surface area (Å²) in [6.45, 7) is 1.75. The van der Waals surface area contributed by atoms with E-state index in [9.17, 15) is 13.2 Å². The first-order valence-corrected chi connectivity index (χ1v) is 11.3. The minimum absolute atomic E-state index is 0.0782. The summed E-state index contributed by atoms with van der Waals surface area (Å²) in [5.41, 5.74) is 1.70. The molecule has 3 rings (SSSR count). The summed E-state index contributed by atoms with van der Waals surface area (Å²) in [5.74, 6) is -0.274. The van der Waals surface area contributed by atoms with Crippen molar-refractivity contribution in [2.45, 2.75) is 50.1 Å². The molecule has 1 saturated carbocycles. The number of hydrogen-bond acceptors (Lipinski definition) is 3. The molecular weight excluding hydrogens is 396 g/mol. The smallest absolute Gasteiger partial charge is 0.243 e. The molecule has 1 aliphatic rings. The van der Waals surface area contributed by atoms with E-state index in [2.05, 4.69) is 5.32 Å². The van der Waals surface area contributed by atoms with Gasteiger partial charge < -0.3 is 5.32 Å². The highest BCUT2D eigenvalue weighted by Crippen LogP contribution is 2.21. The third-order valence-corrected chi connectivity index (χ3v) is 6.99. The Hall–Kier alpha value is -1.89. The molecule has 0 spiro atoms. The van der Waals surface area contributed by atoms with Crippen LogP contribution in [0, 0.1) is 6.92 Å². The van der Waals surface area contributed by atoms with Crippen LogP contribution in [0.15, 0.2) is 53.4 Å². The first-order valence-electron chi connectivity index (χ1n) is 9.45. The van der Waals surface area contributed by atoms with E-state index in [1.165, 1.54) is 4.31 Å². The van der Waals surface area contributed by atoms with Crippen molar-refractivity contribution in [2.75, 3.05) is 6.54 Å². The van der Waals surface area contributed by atoms with E-state index in [-0.39, 0.29) is 29.9 Å². The number of rotatable bonds is 7. The van der Waals surface area contributed by atoms with Crippen molar-refractivity contribution in [2.24, 2.45) is 0 Å². The fraction of sp³-hybridized carbons (Fsp3) is 0.381. The van der Waals surface area contributed by atoms with E-state index in [0.717, 1.165) is 36.8 Å². The molecule has 2 aromatic rings. The van der Waals surface area contributed by atoms with Gasteiger partial charge in [-0.3, -0.25) is 4.79 Å². The molecule has 1 N–H and O–H groups in total. The largest absolute Gasteiger partial charge is 0.352 e. The van der Waals surface area contributed by atoms with Gasteiger partial charge in [0.15, 0.2) is 0 Å². The minimum Gasteiger partial charge on any atom is -0.352 e. The number of sulfonamides is 1. The molecule has 0 atom stereocenters. The molecule has 0 heterocycles. The van der Waals surface area contributed by atoms with Crippen LogP contribution in [0.25, 0.3) is 0 Å². The van der Waals surface area contributed by atoms with Crippen LogP contribution in [-0.2, 0) is 21.4 Å². The second-order valence-electron chi connectivity index (χ2n) is 7.26. The predicted molar refractivity (Wildman–Crippen MR) is 111 cm³/mol. The zero-order chi connectivity index (χ0) is 20.1. The van der Waals surface area contributed by atoms with Crippen molar-refractivity contribution in [3.8, 4) is 0 Å². The lowest BCUT2D eigenvalue weighted by Gasteiger charge is -2.23. The fourth-order valence-electron chi connectivity index (χ4n) is 3.43. The van der Waals surface area contributed by atoms with E-state index >= 15 is 0 Å². The average molecular weight is 421 g/mol. The van der Waals surface area contributed by atoms with Gasteiger partial charge in [-0.15, -0.1) is 0 Å². The first-order chi connectivity index (χ1) is 13.3. The van der Waals surface area contributed by atoms with Gasteiger partial charge in [-0.25, -0.2) is 8.42 Å².